The Hall–Kier alpha value is -3.32. The Bertz CT molecular complexity index is 1380. The first-order chi connectivity index (χ1) is 16.5. The molecule has 4 aromatic rings. The highest BCUT2D eigenvalue weighted by Gasteiger charge is 2.18. The van der Waals surface area contributed by atoms with Crippen LogP contribution in [0.15, 0.2) is 90.5 Å². The van der Waals surface area contributed by atoms with Gasteiger partial charge in [0.25, 0.3) is 0 Å². The van der Waals surface area contributed by atoms with E-state index in [0.717, 1.165) is 12.0 Å². The molecule has 1 heterocycles. The molecule has 0 spiro atoms. The molecule has 0 fully saturated rings. The van der Waals surface area contributed by atoms with Gasteiger partial charge in [-0.05, 0) is 79.6 Å². The molecule has 0 saturated heterocycles. The van der Waals surface area contributed by atoms with Crippen LogP contribution in [0.25, 0.3) is 27.4 Å². The molecule has 1 N–H and O–H groups in total. The van der Waals surface area contributed by atoms with Crippen LogP contribution in [-0.2, 0) is 0 Å². The predicted molar refractivity (Wildman–Crippen MR) is 151 cm³/mol. The fraction of sp³-hybridized carbons (Fsp3) is 0.273. The van der Waals surface area contributed by atoms with E-state index in [1.165, 1.54) is 62.5 Å². The number of fused-ring (bicyclic) bond motifs is 3. The van der Waals surface area contributed by atoms with Crippen molar-refractivity contribution in [1.29, 1.82) is 0 Å². The zero-order valence-electron chi connectivity index (χ0n) is 21.3. The molecule has 5 rings (SSSR count). The number of hydrogen-bond acceptors (Lipinski definition) is 0. The average molecular weight is 448 g/mol. The minimum absolute atomic E-state index is 0.486. The van der Waals surface area contributed by atoms with Gasteiger partial charge in [-0.1, -0.05) is 92.6 Å². The Morgan fingerprint density at radius 1 is 0.824 bits per heavy atom. The zero-order valence-corrected chi connectivity index (χ0v) is 21.3. The lowest BCUT2D eigenvalue weighted by Crippen LogP contribution is -2.04. The highest BCUT2D eigenvalue weighted by atomic mass is 14.7. The van der Waals surface area contributed by atoms with E-state index >= 15 is 0 Å². The van der Waals surface area contributed by atoms with E-state index in [4.69, 9.17) is 0 Å². The van der Waals surface area contributed by atoms with E-state index in [1.807, 2.05) is 13.8 Å². The molecule has 34 heavy (non-hydrogen) atoms. The Labute approximate surface area is 204 Å². The minimum atomic E-state index is 0.486. The van der Waals surface area contributed by atoms with Gasteiger partial charge in [0, 0.05) is 27.7 Å². The first-order valence-corrected chi connectivity index (χ1v) is 12.7. The Kier molecular flexibility index (Phi) is 7.22. The highest BCUT2D eigenvalue weighted by molar-refractivity contribution is 6.08. The van der Waals surface area contributed by atoms with Gasteiger partial charge in [-0.15, -0.1) is 0 Å². The van der Waals surface area contributed by atoms with E-state index in [0.29, 0.717) is 5.92 Å². The van der Waals surface area contributed by atoms with Gasteiger partial charge in [-0.2, -0.15) is 0 Å². The van der Waals surface area contributed by atoms with Crippen LogP contribution >= 0.6 is 0 Å². The van der Waals surface area contributed by atoms with Crippen LogP contribution in [0.1, 0.15) is 75.1 Å². The van der Waals surface area contributed by atoms with Crippen molar-refractivity contribution in [3.05, 3.63) is 113 Å². The van der Waals surface area contributed by atoms with Crippen molar-refractivity contribution in [3.63, 3.8) is 0 Å². The molecule has 0 aliphatic heterocycles. The van der Waals surface area contributed by atoms with Gasteiger partial charge >= 0.3 is 0 Å². The van der Waals surface area contributed by atoms with Gasteiger partial charge in [0.15, 0.2) is 0 Å². The third-order valence-corrected chi connectivity index (χ3v) is 7.02. The number of benzene rings is 3. The first-order valence-electron chi connectivity index (χ1n) is 12.7. The number of nitrogens with one attached hydrogen (secondary N) is 1. The third kappa shape index (κ3) is 4.66. The van der Waals surface area contributed by atoms with Crippen LogP contribution in [0.5, 0.6) is 0 Å². The van der Waals surface area contributed by atoms with Crippen LogP contribution in [0.3, 0.4) is 0 Å². The molecule has 0 saturated carbocycles. The number of rotatable bonds is 5. The zero-order chi connectivity index (χ0) is 24.2. The Balaban J connectivity index is 0.00000133. The maximum atomic E-state index is 4.40. The van der Waals surface area contributed by atoms with Crippen LogP contribution in [0.2, 0.25) is 0 Å². The summed E-state index contributed by atoms with van der Waals surface area (Å²) in [5, 5.41) is 2.58. The molecule has 1 aliphatic carbocycles. The summed E-state index contributed by atoms with van der Waals surface area (Å²) >= 11 is 0. The topological polar surface area (TPSA) is 15.8 Å². The normalized spacial score (nSPS) is 14.3. The van der Waals surface area contributed by atoms with Gasteiger partial charge < -0.3 is 4.98 Å². The number of aromatic nitrogens is 1. The van der Waals surface area contributed by atoms with Crippen LogP contribution < -0.4 is 0 Å². The van der Waals surface area contributed by atoms with Gasteiger partial charge in [0.2, 0.25) is 0 Å². The number of aromatic amines is 1. The van der Waals surface area contributed by atoms with E-state index < -0.39 is 0 Å². The van der Waals surface area contributed by atoms with Crippen molar-refractivity contribution in [2.45, 2.75) is 59.8 Å². The van der Waals surface area contributed by atoms with Crippen LogP contribution in [0.4, 0.5) is 0 Å². The molecule has 0 radical (unpaired) electrons. The van der Waals surface area contributed by atoms with Crippen molar-refractivity contribution < 1.29 is 0 Å². The number of hydrogen-bond donors (Lipinski definition) is 1. The standard InChI is InChI=1S/C31H31N.C2H6/c1-5-27(24-12-8-21(3)9-13-24)26-15-17-31-29(19-26)28-18-25(14-16-30(28)32-31)22(4)23-10-6-20(2)7-11-23;1-2/h6-8,10-12,14-19,27,32H,4-5,9,13H2,1-3H3;1-2H3. The quantitative estimate of drug-likeness (QED) is 0.313. The van der Waals surface area contributed by atoms with E-state index in [9.17, 15) is 0 Å². The summed E-state index contributed by atoms with van der Waals surface area (Å²) in [6.45, 7) is 15.1. The fourth-order valence-electron chi connectivity index (χ4n) is 5.00. The smallest absolute Gasteiger partial charge is 0.0465 e. The molecule has 0 bridgehead atoms. The maximum absolute atomic E-state index is 4.40. The number of aryl methyl sites for hydroxylation is 1. The van der Waals surface area contributed by atoms with Crippen molar-refractivity contribution in [2.75, 3.05) is 0 Å². The summed E-state index contributed by atoms with van der Waals surface area (Å²) < 4.78 is 0. The number of H-pyrrole nitrogens is 1. The highest BCUT2D eigenvalue weighted by Crippen LogP contribution is 2.37. The van der Waals surface area contributed by atoms with E-state index in [1.54, 1.807) is 5.57 Å². The lowest BCUT2D eigenvalue weighted by atomic mass is 9.83. The first kappa shape index (κ1) is 23.8. The monoisotopic (exact) mass is 447 g/mol. The van der Waals surface area contributed by atoms with Gasteiger partial charge in [0.05, 0.1) is 0 Å². The predicted octanol–water partition coefficient (Wildman–Crippen LogP) is 9.88. The van der Waals surface area contributed by atoms with E-state index in [2.05, 4.69) is 105 Å². The Morgan fingerprint density at radius 2 is 1.47 bits per heavy atom. The van der Waals surface area contributed by atoms with Crippen molar-refractivity contribution in [3.8, 4) is 0 Å². The van der Waals surface area contributed by atoms with Crippen LogP contribution in [0, 0.1) is 6.92 Å². The van der Waals surface area contributed by atoms with Gasteiger partial charge in [-0.25, -0.2) is 0 Å². The summed E-state index contributed by atoms with van der Waals surface area (Å²) in [6.07, 6.45) is 8.14. The Morgan fingerprint density at radius 3 is 2.12 bits per heavy atom. The molecular weight excluding hydrogens is 410 g/mol. The van der Waals surface area contributed by atoms with Crippen LogP contribution in [-0.4, -0.2) is 4.98 Å². The summed E-state index contributed by atoms with van der Waals surface area (Å²) in [7, 11) is 0. The molecule has 174 valence electrons. The lowest BCUT2D eigenvalue weighted by molar-refractivity contribution is 0.704. The largest absolute Gasteiger partial charge is 0.355 e. The molecule has 1 unspecified atom stereocenters. The fourth-order valence-corrected chi connectivity index (χ4v) is 5.00. The number of allylic oxidation sites excluding steroid dienone is 4. The summed E-state index contributed by atoms with van der Waals surface area (Å²) in [5.41, 5.74) is 11.5. The molecule has 1 nitrogen and oxygen atoms in total. The minimum Gasteiger partial charge on any atom is -0.355 e. The third-order valence-electron chi connectivity index (χ3n) is 7.02. The SMILES string of the molecule is C=C(c1ccc(C)cc1)c1ccc2[nH]c3ccc(C(CC)C4=CC=C(C)CC4)cc3c2c1.CC. The summed E-state index contributed by atoms with van der Waals surface area (Å²) in [6, 6.07) is 22.3. The molecular formula is C33H37N. The van der Waals surface area contributed by atoms with Crippen molar-refractivity contribution in [1.82, 2.24) is 4.98 Å². The summed E-state index contributed by atoms with van der Waals surface area (Å²) in [5.74, 6) is 0.486. The van der Waals surface area contributed by atoms with Gasteiger partial charge in [0.1, 0.15) is 0 Å². The second-order valence-electron chi connectivity index (χ2n) is 9.25. The second kappa shape index (κ2) is 10.3. The molecule has 0 amide bonds. The average Bonchev–Trinajstić information content (AvgIpc) is 3.24. The van der Waals surface area contributed by atoms with Gasteiger partial charge in [-0.3, -0.25) is 0 Å². The molecule has 1 aliphatic rings. The summed E-state index contributed by atoms with van der Waals surface area (Å²) in [4.78, 5) is 3.61. The molecule has 1 atom stereocenters. The molecule has 1 aromatic heterocycles. The molecule has 1 heteroatoms. The van der Waals surface area contributed by atoms with E-state index in [-0.39, 0.29) is 0 Å². The van der Waals surface area contributed by atoms with Crippen molar-refractivity contribution >= 4 is 27.4 Å². The molecule has 3 aromatic carbocycles. The maximum Gasteiger partial charge on any atom is 0.0465 e. The van der Waals surface area contributed by atoms with Crippen molar-refractivity contribution in [2.24, 2.45) is 0 Å². The lowest BCUT2D eigenvalue weighted by Gasteiger charge is -2.22. The second-order valence-corrected chi connectivity index (χ2v) is 9.25.